The number of anilines is 2. The van der Waals surface area contributed by atoms with E-state index < -0.39 is 21.8 Å². The second-order valence-electron chi connectivity index (χ2n) is 6.57. The Bertz CT molecular complexity index is 1300. The Morgan fingerprint density at radius 1 is 1.00 bits per heavy atom. The summed E-state index contributed by atoms with van der Waals surface area (Å²) in [4.78, 5) is 28.1. The minimum atomic E-state index is -3.90. The van der Waals surface area contributed by atoms with Crippen LogP contribution in [0, 0.1) is 0 Å². The Labute approximate surface area is 182 Å². The van der Waals surface area contributed by atoms with Crippen LogP contribution in [0.4, 0.5) is 11.4 Å². The Kier molecular flexibility index (Phi) is 5.36. The van der Waals surface area contributed by atoms with Crippen molar-refractivity contribution >= 4 is 50.1 Å². The predicted molar refractivity (Wildman–Crippen MR) is 118 cm³/mol. The molecule has 2 heterocycles. The number of sulfonamides is 1. The number of thiophene rings is 1. The van der Waals surface area contributed by atoms with Gasteiger partial charge in [0.15, 0.2) is 0 Å². The van der Waals surface area contributed by atoms with Crippen LogP contribution in [0.5, 0.6) is 5.75 Å². The van der Waals surface area contributed by atoms with Crippen LogP contribution in [0.15, 0.2) is 76.6 Å². The largest absolute Gasteiger partial charge is 0.497 e. The summed E-state index contributed by atoms with van der Waals surface area (Å²) in [5.41, 5.74) is 1.17. The number of primary sulfonamides is 1. The van der Waals surface area contributed by atoms with Crippen LogP contribution in [-0.4, -0.2) is 27.3 Å². The zero-order valence-corrected chi connectivity index (χ0v) is 17.9. The van der Waals surface area contributed by atoms with Gasteiger partial charge >= 0.3 is 0 Å². The lowest BCUT2D eigenvalue weighted by molar-refractivity contribution is -0.120. The zero-order chi connectivity index (χ0) is 22.2. The highest BCUT2D eigenvalue weighted by molar-refractivity contribution is 7.89. The molecule has 0 unspecified atom stereocenters. The first-order chi connectivity index (χ1) is 14.8. The van der Waals surface area contributed by atoms with Crippen molar-refractivity contribution < 1.29 is 22.7 Å². The maximum Gasteiger partial charge on any atom is 0.282 e. The average Bonchev–Trinajstić information content (AvgIpc) is 3.34. The van der Waals surface area contributed by atoms with E-state index in [0.717, 1.165) is 4.90 Å². The van der Waals surface area contributed by atoms with Crippen LogP contribution in [0.25, 0.3) is 5.57 Å². The molecule has 0 bridgehead atoms. The molecule has 0 saturated heterocycles. The minimum absolute atomic E-state index is 0.114. The van der Waals surface area contributed by atoms with Crippen molar-refractivity contribution in [1.29, 1.82) is 0 Å². The molecule has 0 aliphatic carbocycles. The molecule has 0 saturated carbocycles. The number of amides is 2. The fraction of sp³-hybridized carbons (Fsp3) is 0.0476. The van der Waals surface area contributed by atoms with Crippen LogP contribution < -0.4 is 20.1 Å². The van der Waals surface area contributed by atoms with Gasteiger partial charge < -0.3 is 10.1 Å². The van der Waals surface area contributed by atoms with Gasteiger partial charge in [-0.25, -0.2) is 18.5 Å². The molecule has 4 rings (SSSR count). The molecule has 3 N–H and O–H groups in total. The molecule has 0 fully saturated rings. The number of nitrogens with two attached hydrogens (primary N) is 1. The van der Waals surface area contributed by atoms with Gasteiger partial charge in [0.05, 0.1) is 23.3 Å². The SMILES string of the molecule is COc1cccc(NC2=C(c3cccs3)C(=O)N(c3ccc(S(N)(=O)=O)cc3)C2=O)c1. The van der Waals surface area contributed by atoms with Crippen molar-refractivity contribution in [1.82, 2.24) is 0 Å². The molecule has 8 nitrogen and oxygen atoms in total. The number of hydrogen-bond acceptors (Lipinski definition) is 7. The van der Waals surface area contributed by atoms with E-state index in [1.54, 1.807) is 36.4 Å². The average molecular weight is 456 g/mol. The van der Waals surface area contributed by atoms with Crippen LogP contribution >= 0.6 is 11.3 Å². The lowest BCUT2D eigenvalue weighted by Crippen LogP contribution is -2.32. The van der Waals surface area contributed by atoms with E-state index >= 15 is 0 Å². The van der Waals surface area contributed by atoms with Gasteiger partial charge in [-0.2, -0.15) is 0 Å². The molecule has 158 valence electrons. The van der Waals surface area contributed by atoms with Crippen LogP contribution in [0.2, 0.25) is 0 Å². The van der Waals surface area contributed by atoms with Crippen molar-refractivity contribution in [3.63, 3.8) is 0 Å². The number of carbonyl (C=O) groups is 2. The van der Waals surface area contributed by atoms with Crippen molar-refractivity contribution in [3.8, 4) is 5.75 Å². The molecule has 1 aromatic heterocycles. The second kappa shape index (κ2) is 7.99. The van der Waals surface area contributed by atoms with Crippen LogP contribution in [-0.2, 0) is 19.6 Å². The summed E-state index contributed by atoms with van der Waals surface area (Å²) >= 11 is 1.33. The number of nitrogens with one attached hydrogen (secondary N) is 1. The molecule has 1 aliphatic heterocycles. The first kappa shape index (κ1) is 20.8. The standard InChI is InChI=1S/C21H17N3O5S2/c1-29-15-5-2-4-13(12-15)23-19-18(17-6-3-11-30-17)20(25)24(21(19)26)14-7-9-16(10-8-14)31(22,27)28/h2-12,23H,1H3,(H2,22,27,28). The summed E-state index contributed by atoms with van der Waals surface area (Å²) in [5, 5.41) is 9.99. The molecule has 10 heteroatoms. The molecule has 2 aromatic carbocycles. The van der Waals surface area contributed by atoms with Gasteiger partial charge in [-0.05, 0) is 47.8 Å². The van der Waals surface area contributed by atoms with Crippen LogP contribution in [0.3, 0.4) is 0 Å². The van der Waals surface area contributed by atoms with Gasteiger partial charge in [-0.15, -0.1) is 11.3 Å². The number of hydrogen-bond donors (Lipinski definition) is 2. The highest BCUT2D eigenvalue weighted by atomic mass is 32.2. The summed E-state index contributed by atoms with van der Waals surface area (Å²) in [5.74, 6) is -0.476. The molecule has 2 amide bonds. The molecule has 1 aliphatic rings. The smallest absolute Gasteiger partial charge is 0.282 e. The van der Waals surface area contributed by atoms with E-state index in [1.807, 2.05) is 5.38 Å². The number of rotatable bonds is 6. The van der Waals surface area contributed by atoms with E-state index in [-0.39, 0.29) is 21.9 Å². The lowest BCUT2D eigenvalue weighted by atomic mass is 10.2. The number of nitrogens with zero attached hydrogens (tertiary/aromatic N) is 1. The van der Waals surface area contributed by atoms with Gasteiger partial charge in [-0.3, -0.25) is 9.59 Å². The third-order valence-electron chi connectivity index (χ3n) is 4.61. The van der Waals surface area contributed by atoms with Gasteiger partial charge in [0, 0.05) is 16.6 Å². The van der Waals surface area contributed by atoms with Crippen LogP contribution in [0.1, 0.15) is 4.88 Å². The predicted octanol–water partition coefficient (Wildman–Crippen LogP) is 2.80. The number of methoxy groups -OCH3 is 1. The first-order valence-corrected chi connectivity index (χ1v) is 11.4. The van der Waals surface area contributed by atoms with Gasteiger partial charge in [-0.1, -0.05) is 12.1 Å². The summed E-state index contributed by atoms with van der Waals surface area (Å²) in [7, 11) is -2.36. The summed E-state index contributed by atoms with van der Waals surface area (Å²) in [6, 6.07) is 15.8. The number of benzene rings is 2. The first-order valence-electron chi connectivity index (χ1n) is 9.00. The van der Waals surface area contributed by atoms with Crippen molar-refractivity contribution in [3.05, 3.63) is 76.6 Å². The Hall–Kier alpha value is -3.47. The molecule has 3 aromatic rings. The van der Waals surface area contributed by atoms with Crippen molar-refractivity contribution in [2.75, 3.05) is 17.3 Å². The van der Waals surface area contributed by atoms with Gasteiger partial charge in [0.2, 0.25) is 10.0 Å². The molecule has 0 atom stereocenters. The molecule has 31 heavy (non-hydrogen) atoms. The molecule has 0 spiro atoms. The molecular formula is C21H17N3O5S2. The Morgan fingerprint density at radius 3 is 2.35 bits per heavy atom. The number of ether oxygens (including phenoxy) is 1. The quantitative estimate of drug-likeness (QED) is 0.552. The third-order valence-corrected chi connectivity index (χ3v) is 6.43. The highest BCUT2D eigenvalue weighted by Crippen LogP contribution is 2.36. The number of carbonyl (C=O) groups excluding carboxylic acids is 2. The molecular weight excluding hydrogens is 438 g/mol. The van der Waals surface area contributed by atoms with E-state index in [0.29, 0.717) is 16.3 Å². The van der Waals surface area contributed by atoms with Gasteiger partial charge in [0.1, 0.15) is 11.4 Å². The van der Waals surface area contributed by atoms with E-state index in [9.17, 15) is 18.0 Å². The molecule has 0 radical (unpaired) electrons. The van der Waals surface area contributed by atoms with E-state index in [2.05, 4.69) is 5.32 Å². The Balaban J connectivity index is 1.76. The highest BCUT2D eigenvalue weighted by Gasteiger charge is 2.40. The van der Waals surface area contributed by atoms with E-state index in [1.165, 1.54) is 42.7 Å². The normalized spacial score (nSPS) is 14.3. The summed E-state index contributed by atoms with van der Waals surface area (Å²) in [6.07, 6.45) is 0. The number of imide groups is 1. The second-order valence-corrected chi connectivity index (χ2v) is 9.08. The lowest BCUT2D eigenvalue weighted by Gasteiger charge is -2.15. The maximum absolute atomic E-state index is 13.3. The topological polar surface area (TPSA) is 119 Å². The Morgan fingerprint density at radius 2 is 1.74 bits per heavy atom. The zero-order valence-electron chi connectivity index (χ0n) is 16.2. The fourth-order valence-electron chi connectivity index (χ4n) is 3.16. The summed E-state index contributed by atoms with van der Waals surface area (Å²) in [6.45, 7) is 0. The minimum Gasteiger partial charge on any atom is -0.497 e. The monoisotopic (exact) mass is 455 g/mol. The van der Waals surface area contributed by atoms with Crippen molar-refractivity contribution in [2.24, 2.45) is 5.14 Å². The van der Waals surface area contributed by atoms with Crippen molar-refractivity contribution in [2.45, 2.75) is 4.90 Å². The maximum atomic E-state index is 13.3. The summed E-state index contributed by atoms with van der Waals surface area (Å²) < 4.78 is 28.2. The van der Waals surface area contributed by atoms with Gasteiger partial charge in [0.25, 0.3) is 11.8 Å². The fourth-order valence-corrected chi connectivity index (χ4v) is 4.44. The third kappa shape index (κ3) is 3.96. The van der Waals surface area contributed by atoms with E-state index in [4.69, 9.17) is 9.88 Å².